The molecule has 1 aliphatic heterocycles. The van der Waals surface area contributed by atoms with E-state index in [0.717, 1.165) is 4.68 Å². The van der Waals surface area contributed by atoms with E-state index in [1.807, 2.05) is 0 Å². The van der Waals surface area contributed by atoms with Crippen molar-refractivity contribution in [3.8, 4) is 28.6 Å². The van der Waals surface area contributed by atoms with Crippen molar-refractivity contribution in [2.24, 2.45) is 5.10 Å². The first kappa shape index (κ1) is 26.1. The zero-order chi connectivity index (χ0) is 27.8. The van der Waals surface area contributed by atoms with Gasteiger partial charge in [0.2, 0.25) is 6.79 Å². The van der Waals surface area contributed by atoms with Gasteiger partial charge in [-0.3, -0.25) is 4.79 Å². The van der Waals surface area contributed by atoms with Crippen molar-refractivity contribution >= 4 is 62.2 Å². The third kappa shape index (κ3) is 5.06. The lowest BCUT2D eigenvalue weighted by molar-refractivity contribution is 0.0734. The summed E-state index contributed by atoms with van der Waals surface area (Å²) >= 11 is 16.0. The van der Waals surface area contributed by atoms with E-state index in [1.54, 1.807) is 78.9 Å². The zero-order valence-electron chi connectivity index (χ0n) is 20.3. The van der Waals surface area contributed by atoms with Gasteiger partial charge >= 0.3 is 5.97 Å². The second-order valence-corrected chi connectivity index (χ2v) is 10.3. The second kappa shape index (κ2) is 10.8. The van der Waals surface area contributed by atoms with Crippen LogP contribution in [0.2, 0.25) is 10.0 Å². The van der Waals surface area contributed by atoms with Crippen molar-refractivity contribution < 1.29 is 19.0 Å². The molecule has 6 rings (SSSR count). The number of esters is 1. The van der Waals surface area contributed by atoms with E-state index in [9.17, 15) is 9.59 Å². The molecule has 5 aromatic rings. The molecule has 4 aromatic carbocycles. The highest BCUT2D eigenvalue weighted by molar-refractivity contribution is 9.10. The summed E-state index contributed by atoms with van der Waals surface area (Å²) in [5.41, 5.74) is 1.26. The Bertz CT molecular complexity index is 1910. The Morgan fingerprint density at radius 1 is 1.00 bits per heavy atom. The van der Waals surface area contributed by atoms with Crippen LogP contribution in [0.25, 0.3) is 22.3 Å². The number of carbonyl (C=O) groups is 1. The summed E-state index contributed by atoms with van der Waals surface area (Å²) in [5.74, 6) is 0.856. The summed E-state index contributed by atoms with van der Waals surface area (Å²) in [7, 11) is 0. The van der Waals surface area contributed by atoms with E-state index in [2.05, 4.69) is 26.0 Å². The van der Waals surface area contributed by atoms with E-state index < -0.39 is 11.5 Å². The summed E-state index contributed by atoms with van der Waals surface area (Å²) in [6.45, 7) is 0.0907. The minimum Gasteiger partial charge on any atom is -0.454 e. The zero-order valence-corrected chi connectivity index (χ0v) is 23.4. The third-order valence-electron chi connectivity index (χ3n) is 6.02. The molecule has 0 atom stereocenters. The van der Waals surface area contributed by atoms with Crippen LogP contribution in [0.1, 0.15) is 15.9 Å². The summed E-state index contributed by atoms with van der Waals surface area (Å²) in [4.78, 5) is 31.2. The highest BCUT2D eigenvalue weighted by atomic mass is 79.9. The van der Waals surface area contributed by atoms with E-state index in [1.165, 1.54) is 6.21 Å². The fourth-order valence-electron chi connectivity index (χ4n) is 4.09. The van der Waals surface area contributed by atoms with Crippen molar-refractivity contribution in [2.45, 2.75) is 0 Å². The average molecular weight is 637 g/mol. The molecule has 8 nitrogen and oxygen atoms in total. The molecular weight excluding hydrogens is 621 g/mol. The number of carbonyl (C=O) groups excluding carboxylic acids is 1. The van der Waals surface area contributed by atoms with Crippen LogP contribution in [0, 0.1) is 0 Å². The number of fused-ring (bicyclic) bond motifs is 2. The maximum atomic E-state index is 13.6. The topological polar surface area (TPSA) is 92.0 Å². The third-order valence-corrected chi connectivity index (χ3v) is 7.06. The van der Waals surface area contributed by atoms with Crippen LogP contribution < -0.4 is 19.8 Å². The Balaban J connectivity index is 1.42. The molecule has 0 fully saturated rings. The van der Waals surface area contributed by atoms with Crippen LogP contribution in [-0.2, 0) is 0 Å². The smallest absolute Gasteiger partial charge is 0.343 e. The highest BCUT2D eigenvalue weighted by Gasteiger charge is 2.19. The lowest BCUT2D eigenvalue weighted by Gasteiger charge is -2.12. The van der Waals surface area contributed by atoms with Gasteiger partial charge in [0.1, 0.15) is 5.75 Å². The Morgan fingerprint density at radius 2 is 1.82 bits per heavy atom. The minimum atomic E-state index is -0.603. The number of hydrogen-bond donors (Lipinski definition) is 0. The van der Waals surface area contributed by atoms with E-state index in [4.69, 9.17) is 37.4 Å². The molecule has 198 valence electrons. The Labute approximate surface area is 245 Å². The molecule has 1 aromatic heterocycles. The molecule has 0 saturated carbocycles. The summed E-state index contributed by atoms with van der Waals surface area (Å²) in [6.07, 6.45) is 1.41. The van der Waals surface area contributed by atoms with Gasteiger partial charge in [0.05, 0.1) is 27.7 Å². The monoisotopic (exact) mass is 635 g/mol. The molecule has 11 heteroatoms. The number of aromatic nitrogens is 2. The van der Waals surface area contributed by atoms with Crippen LogP contribution in [0.5, 0.6) is 17.2 Å². The number of halogens is 3. The van der Waals surface area contributed by atoms with Gasteiger partial charge in [-0.1, -0.05) is 51.3 Å². The van der Waals surface area contributed by atoms with Crippen molar-refractivity contribution in [3.05, 3.63) is 115 Å². The van der Waals surface area contributed by atoms with Crippen molar-refractivity contribution in [1.29, 1.82) is 0 Å². The molecule has 0 amide bonds. The molecule has 1 aliphatic rings. The Morgan fingerprint density at radius 3 is 2.67 bits per heavy atom. The van der Waals surface area contributed by atoms with Crippen LogP contribution in [0.4, 0.5) is 0 Å². The van der Waals surface area contributed by atoms with Crippen molar-refractivity contribution in [1.82, 2.24) is 9.66 Å². The lowest BCUT2D eigenvalue weighted by atomic mass is 10.2. The first-order chi connectivity index (χ1) is 19.4. The molecule has 2 heterocycles. The minimum absolute atomic E-state index is 0.0907. The standard InChI is InChI=1S/C29H16BrCl2N3O5/c30-18-6-10-24(40-29(37)16-5-9-25-26(12-16)39-15-38-25)17(11-18)14-33-35-27(20-8-7-19(31)13-22(20)32)34-23-4-2-1-3-21(23)28(35)36/h1-14H,15H2. The predicted octanol–water partition coefficient (Wildman–Crippen LogP) is 6.96. The Hall–Kier alpha value is -4.18. The van der Waals surface area contributed by atoms with Crippen LogP contribution in [-0.4, -0.2) is 28.6 Å². The summed E-state index contributed by atoms with van der Waals surface area (Å²) in [6, 6.07) is 21.7. The number of ether oxygens (including phenoxy) is 3. The maximum Gasteiger partial charge on any atom is 0.343 e. The molecule has 40 heavy (non-hydrogen) atoms. The Kier molecular flexibility index (Phi) is 7.02. The fraction of sp³-hybridized carbons (Fsp3) is 0.0345. The summed E-state index contributed by atoms with van der Waals surface area (Å²) < 4.78 is 18.2. The molecule has 0 N–H and O–H groups in total. The second-order valence-electron chi connectivity index (χ2n) is 8.58. The van der Waals surface area contributed by atoms with Gasteiger partial charge in [-0.2, -0.15) is 9.78 Å². The average Bonchev–Trinajstić information content (AvgIpc) is 3.42. The number of rotatable bonds is 5. The quantitative estimate of drug-likeness (QED) is 0.118. The molecule has 0 aliphatic carbocycles. The van der Waals surface area contributed by atoms with E-state index >= 15 is 0 Å². The van der Waals surface area contributed by atoms with Gasteiger partial charge in [0.25, 0.3) is 5.56 Å². The number of nitrogens with zero attached hydrogens (tertiary/aromatic N) is 3. The van der Waals surface area contributed by atoms with Crippen LogP contribution in [0.15, 0.2) is 93.2 Å². The number of para-hydroxylation sites is 1. The predicted molar refractivity (Wildman–Crippen MR) is 156 cm³/mol. The van der Waals surface area contributed by atoms with Crippen molar-refractivity contribution in [3.63, 3.8) is 0 Å². The fourth-order valence-corrected chi connectivity index (χ4v) is 4.96. The SMILES string of the molecule is O=C(Oc1ccc(Br)cc1C=Nn1c(-c2ccc(Cl)cc2Cl)nc2ccccc2c1=O)c1ccc2c(c1)OCO2. The lowest BCUT2D eigenvalue weighted by Crippen LogP contribution is -2.20. The van der Waals surface area contributed by atoms with Gasteiger partial charge in [0.15, 0.2) is 17.3 Å². The van der Waals surface area contributed by atoms with E-state index in [0.29, 0.717) is 48.0 Å². The van der Waals surface area contributed by atoms with Crippen LogP contribution in [0.3, 0.4) is 0 Å². The molecule has 0 saturated heterocycles. The van der Waals surface area contributed by atoms with Gasteiger partial charge in [-0.05, 0) is 66.7 Å². The first-order valence-corrected chi connectivity index (χ1v) is 13.4. The van der Waals surface area contributed by atoms with Gasteiger partial charge in [-0.25, -0.2) is 9.78 Å². The van der Waals surface area contributed by atoms with Gasteiger partial charge in [-0.15, -0.1) is 0 Å². The van der Waals surface area contributed by atoms with Gasteiger partial charge in [0, 0.05) is 20.6 Å². The summed E-state index contributed by atoms with van der Waals surface area (Å²) in [5, 5.41) is 5.59. The molecule has 0 bridgehead atoms. The molecule has 0 radical (unpaired) electrons. The molecule has 0 spiro atoms. The molecular formula is C29H16BrCl2N3O5. The normalized spacial score (nSPS) is 12.3. The number of benzene rings is 4. The van der Waals surface area contributed by atoms with Gasteiger partial charge < -0.3 is 14.2 Å². The van der Waals surface area contributed by atoms with Crippen molar-refractivity contribution in [2.75, 3.05) is 6.79 Å². The largest absolute Gasteiger partial charge is 0.454 e. The molecule has 0 unspecified atom stereocenters. The first-order valence-electron chi connectivity index (χ1n) is 11.8. The van der Waals surface area contributed by atoms with E-state index in [-0.39, 0.29) is 23.9 Å². The maximum absolute atomic E-state index is 13.6. The highest BCUT2D eigenvalue weighted by Crippen LogP contribution is 2.33. The number of hydrogen-bond acceptors (Lipinski definition) is 7. The van der Waals surface area contributed by atoms with Crippen LogP contribution >= 0.6 is 39.1 Å².